The second-order valence-corrected chi connectivity index (χ2v) is 2.68. The van der Waals surface area contributed by atoms with E-state index in [-0.39, 0.29) is 5.56 Å². The molecule has 14 heavy (non-hydrogen) atoms. The van der Waals surface area contributed by atoms with Crippen molar-refractivity contribution in [1.82, 2.24) is 4.98 Å². The summed E-state index contributed by atoms with van der Waals surface area (Å²) in [6.45, 7) is 0. The van der Waals surface area contributed by atoms with Crippen LogP contribution in [0.3, 0.4) is 0 Å². The molecule has 0 fully saturated rings. The number of primary amides is 1. The van der Waals surface area contributed by atoms with Crippen LogP contribution in [0.25, 0.3) is 0 Å². The van der Waals surface area contributed by atoms with E-state index < -0.39 is 17.9 Å². The third-order valence-electron chi connectivity index (χ3n) is 1.67. The van der Waals surface area contributed by atoms with Crippen molar-refractivity contribution in [3.8, 4) is 0 Å². The van der Waals surface area contributed by atoms with Gasteiger partial charge in [-0.1, -0.05) is 6.07 Å². The number of aromatic nitrogens is 1. The molecule has 4 nitrogen and oxygen atoms in total. The third kappa shape index (κ3) is 1.85. The van der Waals surface area contributed by atoms with Crippen LogP contribution in [0.5, 0.6) is 0 Å². The Labute approximate surface area is 78.4 Å². The van der Waals surface area contributed by atoms with Crippen molar-refractivity contribution < 1.29 is 18.7 Å². The molecular formula is C8H8F2N2O2. The molecule has 0 aliphatic carbocycles. The number of amides is 1. The fraction of sp³-hybridized carbons (Fsp3) is 0.250. The second kappa shape index (κ2) is 3.67. The van der Waals surface area contributed by atoms with Crippen LogP contribution in [0.4, 0.5) is 8.78 Å². The Morgan fingerprint density at radius 3 is 2.71 bits per heavy atom. The Bertz CT molecular complexity index is 329. The average molecular weight is 202 g/mol. The lowest BCUT2D eigenvalue weighted by atomic mass is 10.1. The van der Waals surface area contributed by atoms with E-state index in [0.29, 0.717) is 0 Å². The number of alkyl halides is 2. The summed E-state index contributed by atoms with van der Waals surface area (Å²) >= 11 is 0. The van der Waals surface area contributed by atoms with Crippen LogP contribution < -0.4 is 5.73 Å². The molecule has 0 saturated heterocycles. The number of rotatable bonds is 3. The molecular weight excluding hydrogens is 194 g/mol. The number of carbonyl (C=O) groups is 1. The zero-order valence-electron chi connectivity index (χ0n) is 7.02. The van der Waals surface area contributed by atoms with E-state index in [1.54, 1.807) is 0 Å². The number of halogens is 2. The SMILES string of the molecule is NC(=O)C(F)(F)C(O)c1cccnc1. The van der Waals surface area contributed by atoms with Crippen molar-refractivity contribution in [2.75, 3.05) is 0 Å². The summed E-state index contributed by atoms with van der Waals surface area (Å²) in [5.74, 6) is -5.85. The van der Waals surface area contributed by atoms with Gasteiger partial charge in [-0.25, -0.2) is 0 Å². The average Bonchev–Trinajstić information content (AvgIpc) is 2.17. The van der Waals surface area contributed by atoms with Crippen molar-refractivity contribution in [3.05, 3.63) is 30.1 Å². The minimum absolute atomic E-state index is 0.156. The first-order valence-electron chi connectivity index (χ1n) is 3.72. The maximum Gasteiger partial charge on any atom is 0.353 e. The Kier molecular flexibility index (Phi) is 2.76. The van der Waals surface area contributed by atoms with Gasteiger partial charge in [-0.3, -0.25) is 9.78 Å². The Hall–Kier alpha value is -1.56. The van der Waals surface area contributed by atoms with E-state index in [0.717, 1.165) is 6.20 Å². The van der Waals surface area contributed by atoms with Gasteiger partial charge < -0.3 is 10.8 Å². The molecule has 1 aromatic rings. The highest BCUT2D eigenvalue weighted by molar-refractivity contribution is 5.82. The number of aliphatic hydroxyl groups excluding tert-OH is 1. The first kappa shape index (κ1) is 10.5. The van der Waals surface area contributed by atoms with Crippen molar-refractivity contribution in [3.63, 3.8) is 0 Å². The van der Waals surface area contributed by atoms with Gasteiger partial charge in [-0.15, -0.1) is 0 Å². The normalized spacial score (nSPS) is 13.6. The number of nitrogens with zero attached hydrogens (tertiary/aromatic N) is 1. The molecule has 6 heteroatoms. The third-order valence-corrected chi connectivity index (χ3v) is 1.67. The molecule has 1 unspecified atom stereocenters. The minimum atomic E-state index is -3.98. The maximum absolute atomic E-state index is 12.9. The Morgan fingerprint density at radius 2 is 2.29 bits per heavy atom. The molecule has 1 amide bonds. The second-order valence-electron chi connectivity index (χ2n) is 2.68. The Balaban J connectivity index is 2.96. The summed E-state index contributed by atoms with van der Waals surface area (Å²) in [6, 6.07) is 2.60. The number of carbonyl (C=O) groups excluding carboxylic acids is 1. The number of hydrogen-bond acceptors (Lipinski definition) is 3. The summed E-state index contributed by atoms with van der Waals surface area (Å²) in [7, 11) is 0. The first-order valence-corrected chi connectivity index (χ1v) is 3.72. The molecule has 0 radical (unpaired) electrons. The summed E-state index contributed by atoms with van der Waals surface area (Å²) < 4.78 is 25.7. The van der Waals surface area contributed by atoms with Crippen LogP contribution in [0.2, 0.25) is 0 Å². The van der Waals surface area contributed by atoms with Crippen LogP contribution in [0, 0.1) is 0 Å². The highest BCUT2D eigenvalue weighted by Gasteiger charge is 2.45. The molecule has 0 aromatic carbocycles. The molecule has 0 aliphatic heterocycles. The van der Waals surface area contributed by atoms with Gasteiger partial charge in [-0.2, -0.15) is 8.78 Å². The van der Waals surface area contributed by atoms with Gasteiger partial charge in [0.15, 0.2) is 6.10 Å². The molecule has 76 valence electrons. The lowest BCUT2D eigenvalue weighted by Crippen LogP contribution is -2.41. The largest absolute Gasteiger partial charge is 0.381 e. The number of pyridine rings is 1. The summed E-state index contributed by atoms with van der Waals surface area (Å²) in [5.41, 5.74) is 4.28. The van der Waals surface area contributed by atoms with Gasteiger partial charge in [0.2, 0.25) is 0 Å². The first-order chi connectivity index (χ1) is 6.46. The zero-order valence-corrected chi connectivity index (χ0v) is 7.02. The van der Waals surface area contributed by atoms with E-state index in [4.69, 9.17) is 5.11 Å². The predicted octanol–water partition coefficient (Wildman–Crippen LogP) is 0.236. The van der Waals surface area contributed by atoms with Gasteiger partial charge in [0.1, 0.15) is 0 Å². The summed E-state index contributed by atoms with van der Waals surface area (Å²) in [6.07, 6.45) is 0.147. The van der Waals surface area contributed by atoms with E-state index >= 15 is 0 Å². The maximum atomic E-state index is 12.9. The van der Waals surface area contributed by atoms with Crippen molar-refractivity contribution in [1.29, 1.82) is 0 Å². The van der Waals surface area contributed by atoms with Gasteiger partial charge in [-0.05, 0) is 6.07 Å². The molecule has 0 spiro atoms. The van der Waals surface area contributed by atoms with E-state index in [1.165, 1.54) is 18.3 Å². The smallest absolute Gasteiger partial charge is 0.353 e. The molecule has 1 heterocycles. The molecule has 1 atom stereocenters. The number of hydrogen-bond donors (Lipinski definition) is 2. The number of aliphatic hydroxyl groups is 1. The van der Waals surface area contributed by atoms with Gasteiger partial charge in [0.05, 0.1) is 0 Å². The zero-order chi connectivity index (χ0) is 10.8. The fourth-order valence-electron chi connectivity index (χ4n) is 0.882. The van der Waals surface area contributed by atoms with Crippen molar-refractivity contribution in [2.45, 2.75) is 12.0 Å². The highest BCUT2D eigenvalue weighted by atomic mass is 19.3. The fourth-order valence-corrected chi connectivity index (χ4v) is 0.882. The van der Waals surface area contributed by atoms with Crippen LogP contribution in [0.15, 0.2) is 24.5 Å². The molecule has 0 aliphatic rings. The van der Waals surface area contributed by atoms with Crippen molar-refractivity contribution >= 4 is 5.91 Å². The molecule has 1 aromatic heterocycles. The van der Waals surface area contributed by atoms with Gasteiger partial charge >= 0.3 is 5.92 Å². The van der Waals surface area contributed by atoms with E-state index in [2.05, 4.69) is 10.7 Å². The molecule has 3 N–H and O–H groups in total. The molecule has 1 rings (SSSR count). The summed E-state index contributed by atoms with van der Waals surface area (Å²) in [5, 5.41) is 9.13. The molecule has 0 saturated carbocycles. The van der Waals surface area contributed by atoms with Crippen LogP contribution in [0.1, 0.15) is 11.7 Å². The lowest BCUT2D eigenvalue weighted by molar-refractivity contribution is -0.160. The van der Waals surface area contributed by atoms with Crippen LogP contribution >= 0.6 is 0 Å². The minimum Gasteiger partial charge on any atom is -0.381 e. The van der Waals surface area contributed by atoms with Gasteiger partial charge in [0, 0.05) is 18.0 Å². The Morgan fingerprint density at radius 1 is 1.64 bits per heavy atom. The van der Waals surface area contributed by atoms with Crippen molar-refractivity contribution in [2.24, 2.45) is 5.73 Å². The van der Waals surface area contributed by atoms with Gasteiger partial charge in [0.25, 0.3) is 5.91 Å². The highest BCUT2D eigenvalue weighted by Crippen LogP contribution is 2.30. The lowest BCUT2D eigenvalue weighted by Gasteiger charge is -2.18. The predicted molar refractivity (Wildman–Crippen MR) is 43.3 cm³/mol. The standard InChI is InChI=1S/C8H8F2N2O2/c9-8(10,7(11)14)6(13)5-2-1-3-12-4-5/h1-4,6,13H,(H2,11,14). The monoisotopic (exact) mass is 202 g/mol. The van der Waals surface area contributed by atoms with Crippen LogP contribution in [-0.2, 0) is 4.79 Å². The van der Waals surface area contributed by atoms with Crippen LogP contribution in [-0.4, -0.2) is 21.9 Å². The molecule has 0 bridgehead atoms. The quantitative estimate of drug-likeness (QED) is 0.736. The van der Waals surface area contributed by atoms with E-state index in [9.17, 15) is 13.6 Å². The van der Waals surface area contributed by atoms with E-state index in [1.807, 2.05) is 0 Å². The topological polar surface area (TPSA) is 76.2 Å². The summed E-state index contributed by atoms with van der Waals surface area (Å²) in [4.78, 5) is 13.9. The number of nitrogens with two attached hydrogens (primary N) is 1.